The Labute approximate surface area is 119 Å². The summed E-state index contributed by atoms with van der Waals surface area (Å²) in [6, 6.07) is 8.82. The molecule has 3 rings (SSSR count). The van der Waals surface area contributed by atoms with E-state index in [1.54, 1.807) is 0 Å². The van der Waals surface area contributed by atoms with E-state index in [1.165, 1.54) is 5.56 Å². The van der Waals surface area contributed by atoms with Gasteiger partial charge in [0.15, 0.2) is 0 Å². The molecule has 4 nitrogen and oxygen atoms in total. The maximum absolute atomic E-state index is 9.55. The fourth-order valence-electron chi connectivity index (χ4n) is 3.20. The molecule has 0 bridgehead atoms. The lowest BCUT2D eigenvalue weighted by Gasteiger charge is -2.46. The predicted octanol–water partition coefficient (Wildman–Crippen LogP) is 2.64. The first-order valence-corrected chi connectivity index (χ1v) is 6.97. The van der Waals surface area contributed by atoms with Crippen molar-refractivity contribution in [1.29, 1.82) is 5.26 Å². The molecular formula is C16H19N3O. The molecule has 20 heavy (non-hydrogen) atoms. The Morgan fingerprint density at radius 1 is 1.40 bits per heavy atom. The van der Waals surface area contributed by atoms with Gasteiger partial charge in [-0.05, 0) is 23.6 Å². The molecule has 0 aliphatic carbocycles. The van der Waals surface area contributed by atoms with Gasteiger partial charge in [0.2, 0.25) is 0 Å². The second-order valence-corrected chi connectivity index (χ2v) is 6.06. The van der Waals surface area contributed by atoms with Crippen molar-refractivity contribution in [3.63, 3.8) is 0 Å². The Hall–Kier alpha value is -1.86. The summed E-state index contributed by atoms with van der Waals surface area (Å²) in [7, 11) is 1.99. The largest absolute Gasteiger partial charge is 0.379 e. The highest BCUT2D eigenvalue weighted by Gasteiger charge is 2.48. The van der Waals surface area contributed by atoms with Crippen molar-refractivity contribution in [3.05, 3.63) is 30.1 Å². The lowest BCUT2D eigenvalue weighted by molar-refractivity contribution is -0.0876. The van der Waals surface area contributed by atoms with Crippen LogP contribution in [0.5, 0.6) is 0 Å². The van der Waals surface area contributed by atoms with Crippen LogP contribution >= 0.6 is 0 Å². The number of fused-ring (bicyclic) bond motifs is 1. The molecule has 0 saturated carbocycles. The minimum atomic E-state index is -0.172. The van der Waals surface area contributed by atoms with Crippen LogP contribution in [0, 0.1) is 23.2 Å². The van der Waals surface area contributed by atoms with Crippen LogP contribution in [0.2, 0.25) is 0 Å². The quantitative estimate of drug-likeness (QED) is 0.860. The highest BCUT2D eigenvalue weighted by Crippen LogP contribution is 2.43. The van der Waals surface area contributed by atoms with E-state index in [0.29, 0.717) is 19.1 Å². The third kappa shape index (κ3) is 1.74. The van der Waals surface area contributed by atoms with E-state index in [0.717, 1.165) is 11.0 Å². The molecule has 1 atom stereocenters. The van der Waals surface area contributed by atoms with Gasteiger partial charge in [-0.25, -0.2) is 4.98 Å². The fraction of sp³-hybridized carbons (Fsp3) is 0.500. The third-order valence-corrected chi connectivity index (χ3v) is 4.42. The van der Waals surface area contributed by atoms with Crippen LogP contribution < -0.4 is 0 Å². The van der Waals surface area contributed by atoms with Gasteiger partial charge in [0.1, 0.15) is 0 Å². The van der Waals surface area contributed by atoms with E-state index in [2.05, 4.69) is 43.1 Å². The molecule has 104 valence electrons. The van der Waals surface area contributed by atoms with Crippen LogP contribution in [0.15, 0.2) is 24.5 Å². The minimum Gasteiger partial charge on any atom is -0.379 e. The Morgan fingerprint density at radius 2 is 2.15 bits per heavy atom. The summed E-state index contributed by atoms with van der Waals surface area (Å²) in [6.07, 6.45) is 1.82. The highest BCUT2D eigenvalue weighted by atomic mass is 16.5. The highest BCUT2D eigenvalue weighted by molar-refractivity contribution is 5.76. The van der Waals surface area contributed by atoms with Gasteiger partial charge in [0, 0.05) is 7.05 Å². The van der Waals surface area contributed by atoms with Crippen molar-refractivity contribution in [1.82, 2.24) is 9.55 Å². The summed E-state index contributed by atoms with van der Waals surface area (Å²) >= 11 is 0. The molecule has 1 unspecified atom stereocenters. The van der Waals surface area contributed by atoms with Crippen molar-refractivity contribution >= 4 is 11.0 Å². The summed E-state index contributed by atoms with van der Waals surface area (Å²) < 4.78 is 7.47. The smallest absolute Gasteiger partial charge is 0.0955 e. The van der Waals surface area contributed by atoms with Crippen LogP contribution in [0.1, 0.15) is 19.4 Å². The van der Waals surface area contributed by atoms with Crippen LogP contribution in [0.4, 0.5) is 0 Å². The molecule has 1 fully saturated rings. The van der Waals surface area contributed by atoms with Gasteiger partial charge in [-0.1, -0.05) is 19.9 Å². The van der Waals surface area contributed by atoms with Crippen LogP contribution in [-0.4, -0.2) is 22.8 Å². The van der Waals surface area contributed by atoms with E-state index >= 15 is 0 Å². The summed E-state index contributed by atoms with van der Waals surface area (Å²) in [5.41, 5.74) is 3.10. The zero-order valence-electron chi connectivity index (χ0n) is 12.1. The number of nitriles is 1. The Kier molecular flexibility index (Phi) is 3.02. The second kappa shape index (κ2) is 4.60. The third-order valence-electron chi connectivity index (χ3n) is 4.42. The number of aryl methyl sites for hydroxylation is 1. The summed E-state index contributed by atoms with van der Waals surface area (Å²) in [4.78, 5) is 4.42. The number of hydrogen-bond donors (Lipinski definition) is 0. The van der Waals surface area contributed by atoms with Gasteiger partial charge in [-0.15, -0.1) is 0 Å². The number of benzene rings is 1. The first-order valence-electron chi connectivity index (χ1n) is 6.97. The lowest BCUT2D eigenvalue weighted by atomic mass is 9.65. The van der Waals surface area contributed by atoms with Crippen molar-refractivity contribution in [3.8, 4) is 6.07 Å². The molecular weight excluding hydrogens is 250 g/mol. The molecule has 1 aromatic carbocycles. The number of hydrogen-bond acceptors (Lipinski definition) is 3. The van der Waals surface area contributed by atoms with Gasteiger partial charge in [0.05, 0.1) is 48.0 Å². The van der Waals surface area contributed by atoms with E-state index in [9.17, 15) is 5.26 Å². The topological polar surface area (TPSA) is 50.8 Å². The van der Waals surface area contributed by atoms with Crippen molar-refractivity contribution in [2.45, 2.75) is 19.3 Å². The number of imidazole rings is 1. The van der Waals surface area contributed by atoms with Crippen LogP contribution in [0.25, 0.3) is 11.0 Å². The van der Waals surface area contributed by atoms with Crippen molar-refractivity contribution in [2.24, 2.45) is 18.9 Å². The summed E-state index contributed by atoms with van der Waals surface area (Å²) in [5, 5.41) is 9.55. The van der Waals surface area contributed by atoms with Gasteiger partial charge in [-0.3, -0.25) is 0 Å². The number of aromatic nitrogens is 2. The van der Waals surface area contributed by atoms with Crippen LogP contribution in [-0.2, 0) is 17.2 Å². The maximum Gasteiger partial charge on any atom is 0.0955 e. The van der Waals surface area contributed by atoms with E-state index < -0.39 is 0 Å². The Morgan fingerprint density at radius 3 is 2.70 bits per heavy atom. The second-order valence-electron chi connectivity index (χ2n) is 6.06. The Bertz CT molecular complexity index is 677. The maximum atomic E-state index is 9.55. The average Bonchev–Trinajstić information content (AvgIpc) is 2.74. The summed E-state index contributed by atoms with van der Waals surface area (Å²) in [5.74, 6) is 0.278. The van der Waals surface area contributed by atoms with Gasteiger partial charge < -0.3 is 9.30 Å². The zero-order chi connectivity index (χ0) is 14.3. The molecule has 1 aliphatic heterocycles. The normalized spacial score (nSPS) is 18.8. The lowest BCUT2D eigenvalue weighted by Crippen LogP contribution is -2.53. The first kappa shape index (κ1) is 13.1. The molecule has 2 aromatic rings. The van der Waals surface area contributed by atoms with E-state index in [-0.39, 0.29) is 11.3 Å². The van der Waals surface area contributed by atoms with E-state index in [4.69, 9.17) is 4.74 Å². The van der Waals surface area contributed by atoms with E-state index in [1.807, 2.05) is 17.9 Å². The molecule has 1 aromatic heterocycles. The van der Waals surface area contributed by atoms with Gasteiger partial charge >= 0.3 is 0 Å². The van der Waals surface area contributed by atoms with Crippen LogP contribution in [0.3, 0.4) is 0 Å². The number of ether oxygens (including phenoxy) is 1. The fourth-order valence-corrected chi connectivity index (χ4v) is 3.20. The minimum absolute atomic E-state index is 0.0302. The predicted molar refractivity (Wildman–Crippen MR) is 77.2 cm³/mol. The van der Waals surface area contributed by atoms with Crippen molar-refractivity contribution in [2.75, 3.05) is 13.2 Å². The average molecular weight is 269 g/mol. The van der Waals surface area contributed by atoms with Gasteiger partial charge in [0.25, 0.3) is 0 Å². The van der Waals surface area contributed by atoms with Crippen molar-refractivity contribution < 1.29 is 4.74 Å². The molecule has 1 saturated heterocycles. The molecule has 0 N–H and O–H groups in total. The van der Waals surface area contributed by atoms with Gasteiger partial charge in [-0.2, -0.15) is 5.26 Å². The zero-order valence-corrected chi connectivity index (χ0v) is 12.1. The molecule has 0 amide bonds. The molecule has 4 heteroatoms. The SMILES string of the molecule is CC(C)C(C#N)C1(c2ccc3c(c2)ncn3C)COC1. The first-order chi connectivity index (χ1) is 9.58. The number of nitrogens with zero attached hydrogens (tertiary/aromatic N) is 3. The monoisotopic (exact) mass is 269 g/mol. The molecule has 1 aliphatic rings. The number of rotatable bonds is 3. The summed E-state index contributed by atoms with van der Waals surface area (Å²) in [6.45, 7) is 5.46. The Balaban J connectivity index is 2.09. The molecule has 0 radical (unpaired) electrons. The molecule has 2 heterocycles. The standard InChI is InChI=1S/C16H19N3O/c1-11(2)13(7-17)16(8-20-9-16)12-4-5-15-14(6-12)18-10-19(15)3/h4-6,10-11,13H,8-9H2,1-3H3. The molecule has 0 spiro atoms.